The SMILES string of the molecule is CC1=C(C(=O)Nc2cc(C)on2)[C@@H](c2ccccc2F)NC(=S)N1CC(C)C. The van der Waals surface area contributed by atoms with E-state index in [2.05, 4.69) is 29.6 Å². The molecule has 1 aliphatic heterocycles. The molecule has 148 valence electrons. The summed E-state index contributed by atoms with van der Waals surface area (Å²) in [4.78, 5) is 15.0. The van der Waals surface area contributed by atoms with Crippen molar-refractivity contribution in [2.75, 3.05) is 11.9 Å². The molecule has 1 aliphatic rings. The van der Waals surface area contributed by atoms with E-state index >= 15 is 0 Å². The fraction of sp³-hybridized carbons (Fsp3) is 0.350. The minimum Gasteiger partial charge on any atom is -0.360 e. The number of amides is 1. The highest BCUT2D eigenvalue weighted by Gasteiger charge is 2.35. The van der Waals surface area contributed by atoms with Crippen LogP contribution in [0.25, 0.3) is 0 Å². The fourth-order valence-corrected chi connectivity index (χ4v) is 3.54. The first-order valence-electron chi connectivity index (χ1n) is 9.05. The molecular formula is C20H23FN4O2S. The Hall–Kier alpha value is -2.74. The zero-order valence-electron chi connectivity index (χ0n) is 16.2. The molecule has 1 amide bonds. The fourth-order valence-electron chi connectivity index (χ4n) is 3.21. The highest BCUT2D eigenvalue weighted by molar-refractivity contribution is 7.80. The van der Waals surface area contributed by atoms with Crippen LogP contribution in [0.1, 0.15) is 38.1 Å². The number of anilines is 1. The number of benzene rings is 1. The number of rotatable bonds is 5. The lowest BCUT2D eigenvalue weighted by Gasteiger charge is -2.38. The third kappa shape index (κ3) is 4.06. The molecule has 0 unspecified atom stereocenters. The van der Waals surface area contributed by atoms with Crippen molar-refractivity contribution in [3.63, 3.8) is 0 Å². The molecule has 2 heterocycles. The Morgan fingerprint density at radius 1 is 1.39 bits per heavy atom. The van der Waals surface area contributed by atoms with E-state index in [9.17, 15) is 9.18 Å². The molecule has 0 bridgehead atoms. The number of aryl methyl sites for hydroxylation is 1. The van der Waals surface area contributed by atoms with E-state index in [-0.39, 0.29) is 5.91 Å². The van der Waals surface area contributed by atoms with Gasteiger partial charge in [0.2, 0.25) is 0 Å². The Balaban J connectivity index is 2.05. The summed E-state index contributed by atoms with van der Waals surface area (Å²) in [6.45, 7) is 8.33. The molecule has 28 heavy (non-hydrogen) atoms. The van der Waals surface area contributed by atoms with Gasteiger partial charge in [0, 0.05) is 23.9 Å². The summed E-state index contributed by atoms with van der Waals surface area (Å²) < 4.78 is 19.5. The first-order valence-corrected chi connectivity index (χ1v) is 9.46. The maximum Gasteiger partial charge on any atom is 0.257 e. The zero-order chi connectivity index (χ0) is 20.4. The molecule has 0 fully saturated rings. The number of nitrogens with zero attached hydrogens (tertiary/aromatic N) is 2. The predicted molar refractivity (Wildman–Crippen MR) is 109 cm³/mol. The Morgan fingerprint density at radius 2 is 2.11 bits per heavy atom. The maximum atomic E-state index is 14.5. The van der Waals surface area contributed by atoms with Crippen molar-refractivity contribution in [1.82, 2.24) is 15.4 Å². The van der Waals surface area contributed by atoms with E-state index in [1.165, 1.54) is 6.07 Å². The second-order valence-electron chi connectivity index (χ2n) is 7.18. The summed E-state index contributed by atoms with van der Waals surface area (Å²) in [5, 5.41) is 10.1. The van der Waals surface area contributed by atoms with Crippen LogP contribution in [-0.4, -0.2) is 27.6 Å². The summed E-state index contributed by atoms with van der Waals surface area (Å²) in [6, 6.07) is 7.28. The summed E-state index contributed by atoms with van der Waals surface area (Å²) in [6.07, 6.45) is 0. The van der Waals surface area contributed by atoms with E-state index in [0.717, 1.165) is 0 Å². The van der Waals surface area contributed by atoms with E-state index < -0.39 is 11.9 Å². The van der Waals surface area contributed by atoms with Gasteiger partial charge >= 0.3 is 0 Å². The van der Waals surface area contributed by atoms with Crippen LogP contribution in [0.3, 0.4) is 0 Å². The van der Waals surface area contributed by atoms with Gasteiger partial charge in [-0.15, -0.1) is 0 Å². The summed E-state index contributed by atoms with van der Waals surface area (Å²) in [5.74, 6) is 0.412. The molecule has 0 radical (unpaired) electrons. The van der Waals surface area contributed by atoms with E-state index in [1.807, 2.05) is 11.8 Å². The predicted octanol–water partition coefficient (Wildman–Crippen LogP) is 3.92. The number of halogens is 1. The van der Waals surface area contributed by atoms with Crippen molar-refractivity contribution in [2.24, 2.45) is 5.92 Å². The van der Waals surface area contributed by atoms with Crippen LogP contribution in [0.2, 0.25) is 0 Å². The molecule has 0 saturated carbocycles. The molecule has 1 aromatic carbocycles. The van der Waals surface area contributed by atoms with Crippen LogP contribution in [0.5, 0.6) is 0 Å². The molecule has 0 aliphatic carbocycles. The third-order valence-electron chi connectivity index (χ3n) is 4.47. The van der Waals surface area contributed by atoms with Gasteiger partial charge in [0.25, 0.3) is 5.91 Å². The molecular weight excluding hydrogens is 379 g/mol. The number of hydrogen-bond donors (Lipinski definition) is 2. The largest absolute Gasteiger partial charge is 0.360 e. The Labute approximate surface area is 168 Å². The number of thiocarbonyl (C=S) groups is 1. The summed E-state index contributed by atoms with van der Waals surface area (Å²) in [5.41, 5.74) is 1.43. The molecule has 0 spiro atoms. The lowest BCUT2D eigenvalue weighted by Crippen LogP contribution is -2.49. The standard InChI is InChI=1S/C20H23FN4O2S/c1-11(2)10-25-13(4)17(19(26)22-16-9-12(3)27-24-16)18(23-20(25)28)14-7-5-6-8-15(14)21/h5-9,11,18H,10H2,1-4H3,(H,23,28)(H,22,24,26)/t18-/m1/s1. The molecule has 8 heteroatoms. The zero-order valence-corrected chi connectivity index (χ0v) is 17.1. The van der Waals surface area contributed by atoms with Gasteiger partial charge in [-0.05, 0) is 38.0 Å². The van der Waals surface area contributed by atoms with Gasteiger partial charge in [-0.25, -0.2) is 4.39 Å². The highest BCUT2D eigenvalue weighted by atomic mass is 32.1. The number of hydrogen-bond acceptors (Lipinski definition) is 4. The molecule has 6 nitrogen and oxygen atoms in total. The normalized spacial score (nSPS) is 17.1. The van der Waals surface area contributed by atoms with E-state index in [0.29, 0.717) is 46.0 Å². The second-order valence-corrected chi connectivity index (χ2v) is 7.57. The average Bonchev–Trinajstić information content (AvgIpc) is 3.03. The monoisotopic (exact) mass is 402 g/mol. The lowest BCUT2D eigenvalue weighted by atomic mass is 9.93. The quantitative estimate of drug-likeness (QED) is 0.739. The van der Waals surface area contributed by atoms with Gasteiger partial charge in [-0.2, -0.15) is 0 Å². The van der Waals surface area contributed by atoms with Gasteiger partial charge in [-0.1, -0.05) is 37.2 Å². The van der Waals surface area contributed by atoms with Crippen LogP contribution in [0, 0.1) is 18.7 Å². The second kappa shape index (κ2) is 8.10. The molecule has 2 N–H and O–H groups in total. The molecule has 1 aromatic heterocycles. The topological polar surface area (TPSA) is 70.4 Å². The van der Waals surface area contributed by atoms with Gasteiger partial charge in [0.1, 0.15) is 11.6 Å². The van der Waals surface area contributed by atoms with Crippen molar-refractivity contribution >= 4 is 29.1 Å². The van der Waals surface area contributed by atoms with Crippen molar-refractivity contribution in [2.45, 2.75) is 33.7 Å². The minimum absolute atomic E-state index is 0.304. The van der Waals surface area contributed by atoms with E-state index in [4.69, 9.17) is 16.7 Å². The van der Waals surface area contributed by atoms with Crippen molar-refractivity contribution in [3.05, 3.63) is 58.7 Å². The Morgan fingerprint density at radius 3 is 2.71 bits per heavy atom. The van der Waals surface area contributed by atoms with Gasteiger partial charge in [-0.3, -0.25) is 4.79 Å². The molecule has 3 rings (SSSR count). The van der Waals surface area contributed by atoms with Crippen LogP contribution in [-0.2, 0) is 4.79 Å². The third-order valence-corrected chi connectivity index (χ3v) is 4.81. The van der Waals surface area contributed by atoms with E-state index in [1.54, 1.807) is 31.2 Å². The number of carbonyl (C=O) groups is 1. The van der Waals surface area contributed by atoms with Crippen LogP contribution in [0.4, 0.5) is 10.2 Å². The molecule has 1 atom stereocenters. The van der Waals surface area contributed by atoms with Crippen molar-refractivity contribution in [3.8, 4) is 0 Å². The summed E-state index contributed by atoms with van der Waals surface area (Å²) in [7, 11) is 0. The average molecular weight is 402 g/mol. The Bertz CT molecular complexity index is 938. The smallest absolute Gasteiger partial charge is 0.257 e. The van der Waals surface area contributed by atoms with Gasteiger partial charge < -0.3 is 20.1 Å². The first-order chi connectivity index (χ1) is 13.3. The van der Waals surface area contributed by atoms with Crippen LogP contribution < -0.4 is 10.6 Å². The first kappa shape index (κ1) is 20.0. The highest BCUT2D eigenvalue weighted by Crippen LogP contribution is 2.33. The molecule has 2 aromatic rings. The van der Waals surface area contributed by atoms with Crippen LogP contribution in [0.15, 0.2) is 46.1 Å². The lowest BCUT2D eigenvalue weighted by molar-refractivity contribution is -0.113. The van der Waals surface area contributed by atoms with Crippen molar-refractivity contribution in [1.29, 1.82) is 0 Å². The number of aromatic nitrogens is 1. The number of carbonyl (C=O) groups excluding carboxylic acids is 1. The van der Waals surface area contributed by atoms with Gasteiger partial charge in [0.15, 0.2) is 10.9 Å². The van der Waals surface area contributed by atoms with Crippen LogP contribution >= 0.6 is 12.2 Å². The Kier molecular flexibility index (Phi) is 5.79. The van der Waals surface area contributed by atoms with Gasteiger partial charge in [0.05, 0.1) is 11.6 Å². The number of nitrogens with one attached hydrogen (secondary N) is 2. The summed E-state index contributed by atoms with van der Waals surface area (Å²) >= 11 is 5.51. The number of allylic oxidation sites excluding steroid dienone is 1. The maximum absolute atomic E-state index is 14.5. The molecule has 0 saturated heterocycles. The van der Waals surface area contributed by atoms with Crippen molar-refractivity contribution < 1.29 is 13.7 Å². The minimum atomic E-state index is -0.704.